The van der Waals surface area contributed by atoms with Crippen molar-refractivity contribution in [2.24, 2.45) is 0 Å². The summed E-state index contributed by atoms with van der Waals surface area (Å²) < 4.78 is 16.7. The molecule has 1 unspecified atom stereocenters. The Labute approximate surface area is 210 Å². The largest absolute Gasteiger partial charge is 0.504 e. The van der Waals surface area contributed by atoms with E-state index in [-0.39, 0.29) is 39.2 Å². The van der Waals surface area contributed by atoms with E-state index < -0.39 is 11.9 Å². The fourth-order valence-electron chi connectivity index (χ4n) is 4.30. The van der Waals surface area contributed by atoms with Crippen LogP contribution in [-0.2, 0) is 0 Å². The number of fused-ring (bicyclic) bond motifs is 2. The van der Waals surface area contributed by atoms with E-state index >= 15 is 0 Å². The van der Waals surface area contributed by atoms with E-state index in [1.165, 1.54) is 24.1 Å². The molecular formula is C26H19Cl2NO6. The highest BCUT2D eigenvalue weighted by molar-refractivity contribution is 6.32. The smallest absolute Gasteiger partial charge is 0.295 e. The number of carbonyl (C=O) groups excluding carboxylic acids is 1. The number of methoxy groups -OCH3 is 1. The number of phenols is 1. The number of ether oxygens (including phenoxy) is 2. The highest BCUT2D eigenvalue weighted by atomic mass is 35.5. The first-order valence-corrected chi connectivity index (χ1v) is 11.5. The van der Waals surface area contributed by atoms with Crippen LogP contribution < -0.4 is 19.8 Å². The molecule has 0 saturated heterocycles. The zero-order valence-electron chi connectivity index (χ0n) is 18.7. The van der Waals surface area contributed by atoms with Crippen LogP contribution in [0, 0.1) is 0 Å². The second-order valence-corrected chi connectivity index (χ2v) is 8.71. The molecule has 3 aromatic carbocycles. The lowest BCUT2D eigenvalue weighted by molar-refractivity contribution is 0.0971. The Morgan fingerprint density at radius 1 is 1.03 bits per heavy atom. The summed E-state index contributed by atoms with van der Waals surface area (Å²) in [5, 5.41) is 11.1. The van der Waals surface area contributed by atoms with Crippen molar-refractivity contribution >= 4 is 45.8 Å². The van der Waals surface area contributed by atoms with Gasteiger partial charge >= 0.3 is 0 Å². The molecule has 2 heterocycles. The molecule has 4 aromatic rings. The Morgan fingerprint density at radius 2 is 1.83 bits per heavy atom. The summed E-state index contributed by atoms with van der Waals surface area (Å²) in [4.78, 5) is 28.8. The zero-order valence-corrected chi connectivity index (χ0v) is 20.2. The Balaban J connectivity index is 1.79. The molecule has 0 spiro atoms. The lowest BCUT2D eigenvalue weighted by Crippen LogP contribution is -2.29. The van der Waals surface area contributed by atoms with E-state index in [1.807, 2.05) is 0 Å². The van der Waals surface area contributed by atoms with Gasteiger partial charge < -0.3 is 19.0 Å². The van der Waals surface area contributed by atoms with E-state index in [9.17, 15) is 14.7 Å². The van der Waals surface area contributed by atoms with Crippen molar-refractivity contribution in [1.29, 1.82) is 0 Å². The lowest BCUT2D eigenvalue weighted by Gasteiger charge is -2.26. The number of benzene rings is 3. The maximum atomic E-state index is 13.7. The average Bonchev–Trinajstić information content (AvgIpc) is 3.13. The van der Waals surface area contributed by atoms with Gasteiger partial charge in [0.05, 0.1) is 35.7 Å². The first-order valence-electron chi connectivity index (χ1n) is 10.7. The topological polar surface area (TPSA) is 89.2 Å². The number of aromatic hydroxyl groups is 1. The van der Waals surface area contributed by atoms with Crippen molar-refractivity contribution in [1.82, 2.24) is 0 Å². The predicted octanol–water partition coefficient (Wildman–Crippen LogP) is 5.96. The van der Waals surface area contributed by atoms with Crippen molar-refractivity contribution in [2.75, 3.05) is 18.6 Å². The van der Waals surface area contributed by atoms with Gasteiger partial charge in [-0.25, -0.2) is 0 Å². The van der Waals surface area contributed by atoms with Crippen LogP contribution in [0.2, 0.25) is 10.0 Å². The molecule has 5 rings (SSSR count). The average molecular weight is 512 g/mol. The number of rotatable bonds is 5. The molecule has 35 heavy (non-hydrogen) atoms. The second kappa shape index (κ2) is 8.83. The molecule has 0 radical (unpaired) electrons. The number of hydrogen-bond acceptors (Lipinski definition) is 6. The Hall–Kier alpha value is -3.68. The minimum absolute atomic E-state index is 0.0588. The van der Waals surface area contributed by atoms with Gasteiger partial charge in [0.25, 0.3) is 5.91 Å². The molecule has 0 bridgehead atoms. The number of anilines is 1. The number of nitrogens with zero attached hydrogens (tertiary/aromatic N) is 1. The third-order valence-electron chi connectivity index (χ3n) is 5.85. The van der Waals surface area contributed by atoms with Crippen LogP contribution in [0.5, 0.6) is 17.2 Å². The maximum absolute atomic E-state index is 13.7. The summed E-state index contributed by atoms with van der Waals surface area (Å²) in [7, 11) is 1.49. The highest BCUT2D eigenvalue weighted by Gasteiger charge is 2.44. The summed E-state index contributed by atoms with van der Waals surface area (Å²) in [6.07, 6.45) is 0. The fourth-order valence-corrected chi connectivity index (χ4v) is 4.73. The first kappa shape index (κ1) is 23.1. The molecule has 0 aliphatic carbocycles. The van der Waals surface area contributed by atoms with Gasteiger partial charge in [-0.05, 0) is 61.0 Å². The Kier molecular flexibility index (Phi) is 5.83. The molecule has 7 nitrogen and oxygen atoms in total. The molecular weight excluding hydrogens is 493 g/mol. The number of phenolic OH excluding ortho intramolecular Hbond substituents is 1. The fraction of sp³-hybridized carbons (Fsp3) is 0.154. The van der Waals surface area contributed by atoms with Gasteiger partial charge in [-0.1, -0.05) is 29.3 Å². The van der Waals surface area contributed by atoms with Crippen LogP contribution >= 0.6 is 23.2 Å². The monoisotopic (exact) mass is 511 g/mol. The minimum Gasteiger partial charge on any atom is -0.504 e. The van der Waals surface area contributed by atoms with Crippen molar-refractivity contribution in [3.05, 3.63) is 91.8 Å². The standard InChI is InChI=1S/C26H19Cl2NO6/c1-3-34-21-10-13(4-7-18(21)30)23-22-24(31)16-11-14(27)5-8-19(16)35-25(22)26(32)29(23)15-6-9-20(33-2)17(28)12-15/h4-12,23,30H,3H2,1-2H3. The van der Waals surface area contributed by atoms with Crippen LogP contribution in [0.3, 0.4) is 0 Å². The van der Waals surface area contributed by atoms with E-state index in [4.69, 9.17) is 37.1 Å². The minimum atomic E-state index is -0.874. The summed E-state index contributed by atoms with van der Waals surface area (Å²) in [5.74, 6) is 0.0244. The normalized spacial score (nSPS) is 14.9. The molecule has 1 aliphatic rings. The summed E-state index contributed by atoms with van der Waals surface area (Å²) in [6.45, 7) is 2.11. The van der Waals surface area contributed by atoms with Gasteiger partial charge in [0, 0.05) is 10.7 Å². The van der Waals surface area contributed by atoms with E-state index in [1.54, 1.807) is 49.4 Å². The first-order chi connectivity index (χ1) is 16.8. The molecule has 9 heteroatoms. The molecule has 1 atom stereocenters. The number of carbonyl (C=O) groups is 1. The van der Waals surface area contributed by atoms with Crippen LogP contribution in [-0.4, -0.2) is 24.7 Å². The third-order valence-corrected chi connectivity index (χ3v) is 6.38. The van der Waals surface area contributed by atoms with Crippen LogP contribution in [0.25, 0.3) is 11.0 Å². The second-order valence-electron chi connectivity index (χ2n) is 7.87. The summed E-state index contributed by atoms with van der Waals surface area (Å²) >= 11 is 12.5. The zero-order chi connectivity index (χ0) is 24.9. The Morgan fingerprint density at radius 3 is 2.54 bits per heavy atom. The Bertz CT molecular complexity index is 1550. The molecule has 1 aliphatic heterocycles. The number of hydrogen-bond donors (Lipinski definition) is 1. The quantitative estimate of drug-likeness (QED) is 0.355. The van der Waals surface area contributed by atoms with E-state index in [2.05, 4.69) is 0 Å². The third kappa shape index (κ3) is 3.77. The van der Waals surface area contributed by atoms with Gasteiger partial charge in [0.15, 0.2) is 16.9 Å². The van der Waals surface area contributed by atoms with Crippen molar-refractivity contribution in [3.8, 4) is 17.2 Å². The van der Waals surface area contributed by atoms with E-state index in [0.717, 1.165) is 0 Å². The van der Waals surface area contributed by atoms with E-state index in [0.29, 0.717) is 33.7 Å². The van der Waals surface area contributed by atoms with Gasteiger partial charge in [-0.15, -0.1) is 0 Å². The predicted molar refractivity (Wildman–Crippen MR) is 133 cm³/mol. The van der Waals surface area contributed by atoms with Crippen molar-refractivity contribution in [3.63, 3.8) is 0 Å². The van der Waals surface area contributed by atoms with Gasteiger partial charge in [-0.3, -0.25) is 14.5 Å². The molecule has 1 amide bonds. The number of halogens is 2. The summed E-state index contributed by atoms with van der Waals surface area (Å²) in [6, 6.07) is 13.4. The molecule has 0 fully saturated rings. The van der Waals surface area contributed by atoms with Crippen LogP contribution in [0.4, 0.5) is 5.69 Å². The summed E-state index contributed by atoms with van der Waals surface area (Å²) in [5.41, 5.74) is 1.00. The van der Waals surface area contributed by atoms with Gasteiger partial charge in [0.2, 0.25) is 5.76 Å². The van der Waals surface area contributed by atoms with Crippen LogP contribution in [0.1, 0.15) is 34.6 Å². The number of amides is 1. The van der Waals surface area contributed by atoms with Crippen molar-refractivity contribution in [2.45, 2.75) is 13.0 Å². The SMILES string of the molecule is CCOc1cc(C2c3c(oc4ccc(Cl)cc4c3=O)C(=O)N2c2ccc(OC)c(Cl)c2)ccc1O. The molecule has 178 valence electrons. The maximum Gasteiger partial charge on any atom is 0.295 e. The highest BCUT2D eigenvalue weighted by Crippen LogP contribution is 2.44. The van der Waals surface area contributed by atoms with Gasteiger partial charge in [0.1, 0.15) is 11.3 Å². The molecule has 0 saturated carbocycles. The molecule has 1 N–H and O–H groups in total. The van der Waals surface area contributed by atoms with Crippen LogP contribution in [0.15, 0.2) is 63.8 Å². The van der Waals surface area contributed by atoms with Gasteiger partial charge in [-0.2, -0.15) is 0 Å². The molecule has 1 aromatic heterocycles. The van der Waals surface area contributed by atoms with Crippen molar-refractivity contribution < 1.29 is 23.8 Å². The lowest BCUT2D eigenvalue weighted by atomic mass is 9.97.